The van der Waals surface area contributed by atoms with Crippen LogP contribution in [0, 0.1) is 5.92 Å². The number of rotatable bonds is 5. The summed E-state index contributed by atoms with van der Waals surface area (Å²) in [5.74, 6) is 1.31. The molecule has 2 rings (SSSR count). The molecular weight excluding hydrogens is 258 g/mol. The zero-order valence-corrected chi connectivity index (χ0v) is 12.1. The highest BCUT2D eigenvalue weighted by Crippen LogP contribution is 2.34. The first-order valence-electron chi connectivity index (χ1n) is 6.99. The van der Waals surface area contributed by atoms with Crippen molar-refractivity contribution < 1.29 is 4.74 Å². The molecule has 0 spiro atoms. The van der Waals surface area contributed by atoms with Gasteiger partial charge in [0.2, 0.25) is 0 Å². The number of allylic oxidation sites excluding steroid dienone is 2. The lowest BCUT2D eigenvalue weighted by Gasteiger charge is -2.38. The fourth-order valence-electron chi connectivity index (χ4n) is 2.87. The molecule has 1 fully saturated rings. The first-order chi connectivity index (χ1) is 9.22. The van der Waals surface area contributed by atoms with E-state index in [2.05, 4.69) is 24.1 Å². The molecule has 2 aliphatic rings. The lowest BCUT2D eigenvalue weighted by Crippen LogP contribution is -2.38. The highest BCUT2D eigenvalue weighted by molar-refractivity contribution is 6.31. The van der Waals surface area contributed by atoms with Crippen molar-refractivity contribution in [1.29, 1.82) is 0 Å². The molecule has 1 heterocycles. The van der Waals surface area contributed by atoms with Crippen LogP contribution < -0.4 is 0 Å². The number of hydrogen-bond donors (Lipinski definition) is 0. The van der Waals surface area contributed by atoms with Gasteiger partial charge in [0.15, 0.2) is 5.88 Å². The first kappa shape index (κ1) is 14.3. The van der Waals surface area contributed by atoms with Crippen LogP contribution in [0.4, 0.5) is 0 Å². The molecule has 1 saturated carbocycles. The van der Waals surface area contributed by atoms with Crippen LogP contribution in [-0.2, 0) is 4.74 Å². The van der Waals surface area contributed by atoms with Crippen LogP contribution >= 0.6 is 11.6 Å². The second kappa shape index (κ2) is 6.85. The van der Waals surface area contributed by atoms with E-state index in [4.69, 9.17) is 16.3 Å². The Balaban J connectivity index is 2.08. The van der Waals surface area contributed by atoms with E-state index in [0.717, 1.165) is 5.03 Å². The summed E-state index contributed by atoms with van der Waals surface area (Å²) < 4.78 is 5.58. The van der Waals surface area contributed by atoms with Crippen molar-refractivity contribution in [3.05, 3.63) is 48.5 Å². The maximum Gasteiger partial charge on any atom is 0.186 e. The molecule has 0 aromatic carbocycles. The van der Waals surface area contributed by atoms with Gasteiger partial charge in [-0.25, -0.2) is 0 Å². The van der Waals surface area contributed by atoms with Gasteiger partial charge in [-0.05, 0) is 37.5 Å². The van der Waals surface area contributed by atoms with Crippen molar-refractivity contribution in [1.82, 2.24) is 4.90 Å². The minimum absolute atomic E-state index is 0.273. The highest BCUT2D eigenvalue weighted by Gasteiger charge is 2.29. The third-order valence-corrected chi connectivity index (χ3v) is 4.09. The van der Waals surface area contributed by atoms with Gasteiger partial charge in [-0.15, -0.1) is 0 Å². The van der Waals surface area contributed by atoms with Crippen LogP contribution in [0.2, 0.25) is 0 Å². The zero-order valence-electron chi connectivity index (χ0n) is 11.4. The van der Waals surface area contributed by atoms with Crippen LogP contribution in [0.3, 0.4) is 0 Å². The number of nitrogens with zero attached hydrogens (tertiary/aromatic N) is 1. The predicted molar refractivity (Wildman–Crippen MR) is 80.6 cm³/mol. The molecular formula is C16H22ClNO. The Morgan fingerprint density at radius 1 is 1.42 bits per heavy atom. The molecule has 1 aliphatic heterocycles. The molecule has 0 aromatic heterocycles. The van der Waals surface area contributed by atoms with Gasteiger partial charge >= 0.3 is 0 Å². The SMILES string of the molecule is C=CCOC(=C)N1C=CC(Cl)=CC1C1CCCCC1. The van der Waals surface area contributed by atoms with Gasteiger partial charge in [-0.2, -0.15) is 0 Å². The molecule has 0 amide bonds. The average Bonchev–Trinajstić information content (AvgIpc) is 2.45. The zero-order chi connectivity index (χ0) is 13.7. The van der Waals surface area contributed by atoms with Gasteiger partial charge in [-0.1, -0.05) is 43.5 Å². The lowest BCUT2D eigenvalue weighted by molar-refractivity contribution is 0.117. The Hall–Kier alpha value is -1.15. The van der Waals surface area contributed by atoms with Crippen molar-refractivity contribution >= 4 is 11.6 Å². The smallest absolute Gasteiger partial charge is 0.186 e. The standard InChI is InChI=1S/C16H22ClNO/c1-3-11-19-13(2)18-10-9-15(17)12-16(18)14-7-5-4-6-8-14/h3,9-10,12,14,16H,1-2,4-8,11H2. The minimum Gasteiger partial charge on any atom is -0.475 e. The van der Waals surface area contributed by atoms with E-state index in [-0.39, 0.29) is 6.04 Å². The molecule has 1 atom stereocenters. The minimum atomic E-state index is 0.273. The van der Waals surface area contributed by atoms with Crippen LogP contribution in [0.1, 0.15) is 32.1 Å². The molecule has 0 N–H and O–H groups in total. The number of hydrogen-bond acceptors (Lipinski definition) is 2. The van der Waals surface area contributed by atoms with E-state index < -0.39 is 0 Å². The largest absolute Gasteiger partial charge is 0.475 e. The third kappa shape index (κ3) is 3.66. The third-order valence-electron chi connectivity index (χ3n) is 3.83. The number of ether oxygens (including phenoxy) is 1. The Morgan fingerprint density at radius 3 is 2.84 bits per heavy atom. The normalized spacial score (nSPS) is 23.9. The molecule has 19 heavy (non-hydrogen) atoms. The summed E-state index contributed by atoms with van der Waals surface area (Å²) in [6.45, 7) is 8.17. The quantitative estimate of drug-likeness (QED) is 0.540. The Bertz CT molecular complexity index is 394. The van der Waals surface area contributed by atoms with Crippen molar-refractivity contribution in [2.45, 2.75) is 38.1 Å². The van der Waals surface area contributed by atoms with Crippen molar-refractivity contribution in [2.75, 3.05) is 6.61 Å². The Morgan fingerprint density at radius 2 is 2.16 bits per heavy atom. The fourth-order valence-corrected chi connectivity index (χ4v) is 3.05. The summed E-state index contributed by atoms with van der Waals surface area (Å²) in [5, 5.41) is 0.809. The summed E-state index contributed by atoms with van der Waals surface area (Å²) in [6, 6.07) is 0.273. The van der Waals surface area contributed by atoms with E-state index in [1.165, 1.54) is 32.1 Å². The maximum atomic E-state index is 6.17. The van der Waals surface area contributed by atoms with Gasteiger partial charge in [0.05, 0.1) is 6.04 Å². The van der Waals surface area contributed by atoms with Crippen LogP contribution in [-0.4, -0.2) is 17.5 Å². The molecule has 2 nitrogen and oxygen atoms in total. The van der Waals surface area contributed by atoms with Crippen molar-refractivity contribution in [2.24, 2.45) is 5.92 Å². The van der Waals surface area contributed by atoms with Crippen LogP contribution in [0.15, 0.2) is 48.5 Å². The van der Waals surface area contributed by atoms with E-state index in [0.29, 0.717) is 18.4 Å². The van der Waals surface area contributed by atoms with E-state index in [9.17, 15) is 0 Å². The molecule has 1 aliphatic carbocycles. The average molecular weight is 280 g/mol. The molecule has 0 bridgehead atoms. The summed E-state index contributed by atoms with van der Waals surface area (Å²) in [6.07, 6.45) is 14.2. The maximum absolute atomic E-state index is 6.17. The topological polar surface area (TPSA) is 12.5 Å². The first-order valence-corrected chi connectivity index (χ1v) is 7.36. The Labute approximate surface area is 121 Å². The molecule has 0 radical (unpaired) electrons. The second-order valence-corrected chi connectivity index (χ2v) is 5.59. The summed E-state index contributed by atoms with van der Waals surface area (Å²) in [7, 11) is 0. The Kier molecular flexibility index (Phi) is 5.15. The van der Waals surface area contributed by atoms with Gasteiger partial charge < -0.3 is 9.64 Å². The summed E-state index contributed by atoms with van der Waals surface area (Å²) >= 11 is 6.17. The van der Waals surface area contributed by atoms with Gasteiger partial charge in [0.25, 0.3) is 0 Å². The monoisotopic (exact) mass is 279 g/mol. The number of halogens is 1. The summed E-state index contributed by atoms with van der Waals surface area (Å²) in [4.78, 5) is 2.10. The molecule has 3 heteroatoms. The van der Waals surface area contributed by atoms with E-state index in [1.54, 1.807) is 6.08 Å². The van der Waals surface area contributed by atoms with E-state index >= 15 is 0 Å². The fraction of sp³-hybridized carbons (Fsp3) is 0.500. The van der Waals surface area contributed by atoms with Gasteiger partial charge in [-0.3, -0.25) is 0 Å². The predicted octanol–water partition coefficient (Wildman–Crippen LogP) is 4.56. The molecule has 0 saturated heterocycles. The molecule has 0 aromatic rings. The summed E-state index contributed by atoms with van der Waals surface area (Å²) in [5.41, 5.74) is 0. The van der Waals surface area contributed by atoms with Gasteiger partial charge in [0, 0.05) is 11.2 Å². The van der Waals surface area contributed by atoms with Crippen LogP contribution in [0.5, 0.6) is 0 Å². The van der Waals surface area contributed by atoms with Crippen molar-refractivity contribution in [3.8, 4) is 0 Å². The van der Waals surface area contributed by atoms with Crippen LogP contribution in [0.25, 0.3) is 0 Å². The highest BCUT2D eigenvalue weighted by atomic mass is 35.5. The molecule has 1 unspecified atom stereocenters. The second-order valence-electron chi connectivity index (χ2n) is 5.16. The van der Waals surface area contributed by atoms with Crippen molar-refractivity contribution in [3.63, 3.8) is 0 Å². The van der Waals surface area contributed by atoms with E-state index in [1.807, 2.05) is 12.3 Å². The van der Waals surface area contributed by atoms with Gasteiger partial charge in [0.1, 0.15) is 6.61 Å². The molecule has 104 valence electrons. The lowest BCUT2D eigenvalue weighted by atomic mass is 9.82.